The Hall–Kier alpha value is -0.550. The summed E-state index contributed by atoms with van der Waals surface area (Å²) >= 11 is 0. The zero-order valence-corrected chi connectivity index (χ0v) is 13.8. The summed E-state index contributed by atoms with van der Waals surface area (Å²) in [7, 11) is 1.90. The van der Waals surface area contributed by atoms with Crippen LogP contribution in [0.25, 0.3) is 0 Å². The van der Waals surface area contributed by atoms with E-state index in [-0.39, 0.29) is 4.90 Å². The van der Waals surface area contributed by atoms with Gasteiger partial charge in [0.2, 0.25) is 0 Å². The molecule has 2 rings (SSSR count). The van der Waals surface area contributed by atoms with E-state index in [0.29, 0.717) is 24.6 Å². The van der Waals surface area contributed by atoms with E-state index in [9.17, 15) is 8.42 Å². The maximum atomic E-state index is 11.9. The van der Waals surface area contributed by atoms with Crippen LogP contribution in [0.2, 0.25) is 0 Å². The van der Waals surface area contributed by atoms with E-state index in [1.54, 1.807) is 0 Å². The number of nitrogens with zero attached hydrogens (tertiary/aromatic N) is 2. The standard InChI is InChI=1S/C14H23ClN2O2S/c1-3-12-14(20(15,18)19)13(4-2)17(16-12)11-9-7-5-6-8-10-11/h11H,3-10H2,1-2H3. The summed E-state index contributed by atoms with van der Waals surface area (Å²) in [6, 6.07) is 0.324. The van der Waals surface area contributed by atoms with Crippen LogP contribution in [0.5, 0.6) is 0 Å². The second-order valence-corrected chi connectivity index (χ2v) is 7.96. The molecule has 0 spiro atoms. The lowest BCUT2D eigenvalue weighted by Crippen LogP contribution is -2.13. The highest BCUT2D eigenvalue weighted by Crippen LogP contribution is 2.32. The lowest BCUT2D eigenvalue weighted by molar-refractivity contribution is 0.391. The molecule has 1 aliphatic carbocycles. The number of aryl methyl sites for hydroxylation is 1. The first-order valence-electron chi connectivity index (χ1n) is 7.53. The summed E-state index contributed by atoms with van der Waals surface area (Å²) in [6.45, 7) is 3.89. The number of halogens is 1. The van der Waals surface area contributed by atoms with Crippen molar-refractivity contribution in [3.8, 4) is 0 Å². The average molecular weight is 319 g/mol. The summed E-state index contributed by atoms with van der Waals surface area (Å²) in [4.78, 5) is 0.258. The van der Waals surface area contributed by atoms with Gasteiger partial charge in [-0.1, -0.05) is 39.5 Å². The van der Waals surface area contributed by atoms with Gasteiger partial charge >= 0.3 is 0 Å². The molecular weight excluding hydrogens is 296 g/mol. The van der Waals surface area contributed by atoms with Gasteiger partial charge in [0.1, 0.15) is 4.90 Å². The van der Waals surface area contributed by atoms with E-state index in [1.165, 1.54) is 25.7 Å². The Morgan fingerprint density at radius 2 is 1.75 bits per heavy atom. The van der Waals surface area contributed by atoms with E-state index < -0.39 is 9.05 Å². The molecule has 0 aliphatic heterocycles. The molecule has 0 saturated heterocycles. The van der Waals surface area contributed by atoms with Crippen LogP contribution in [0.15, 0.2) is 4.90 Å². The molecule has 20 heavy (non-hydrogen) atoms. The molecule has 0 amide bonds. The summed E-state index contributed by atoms with van der Waals surface area (Å²) in [5, 5.41) is 4.58. The van der Waals surface area contributed by atoms with E-state index in [2.05, 4.69) is 5.10 Å². The highest BCUT2D eigenvalue weighted by atomic mass is 35.7. The van der Waals surface area contributed by atoms with Crippen molar-refractivity contribution in [2.24, 2.45) is 0 Å². The minimum Gasteiger partial charge on any atom is -0.265 e. The molecule has 6 heteroatoms. The summed E-state index contributed by atoms with van der Waals surface area (Å²) in [6.07, 6.45) is 8.31. The monoisotopic (exact) mass is 318 g/mol. The Balaban J connectivity index is 2.50. The van der Waals surface area contributed by atoms with E-state index >= 15 is 0 Å². The Labute approximate surface area is 125 Å². The van der Waals surface area contributed by atoms with Gasteiger partial charge in [0, 0.05) is 10.7 Å². The third-order valence-corrected chi connectivity index (χ3v) is 5.54. The van der Waals surface area contributed by atoms with Crippen molar-refractivity contribution in [3.05, 3.63) is 11.4 Å². The van der Waals surface area contributed by atoms with E-state index in [1.807, 2.05) is 18.5 Å². The molecular formula is C14H23ClN2O2S. The van der Waals surface area contributed by atoms with Crippen LogP contribution in [0.3, 0.4) is 0 Å². The first-order valence-corrected chi connectivity index (χ1v) is 9.84. The minimum absolute atomic E-state index is 0.258. The molecule has 1 fully saturated rings. The zero-order valence-electron chi connectivity index (χ0n) is 12.2. The van der Waals surface area contributed by atoms with Crippen LogP contribution < -0.4 is 0 Å². The molecule has 1 heterocycles. The maximum Gasteiger partial charge on any atom is 0.264 e. The Morgan fingerprint density at radius 3 is 2.20 bits per heavy atom. The molecule has 1 saturated carbocycles. The second kappa shape index (κ2) is 6.48. The summed E-state index contributed by atoms with van der Waals surface area (Å²) in [5.74, 6) is 0. The molecule has 0 unspecified atom stereocenters. The van der Waals surface area contributed by atoms with Crippen molar-refractivity contribution < 1.29 is 8.42 Å². The zero-order chi connectivity index (χ0) is 14.8. The van der Waals surface area contributed by atoms with Crippen molar-refractivity contribution in [2.45, 2.75) is 76.2 Å². The highest BCUT2D eigenvalue weighted by molar-refractivity contribution is 8.13. The molecule has 114 valence electrons. The van der Waals surface area contributed by atoms with Gasteiger partial charge in [0.15, 0.2) is 0 Å². The van der Waals surface area contributed by atoms with Gasteiger partial charge in [0.05, 0.1) is 17.4 Å². The van der Waals surface area contributed by atoms with Gasteiger partial charge < -0.3 is 0 Å². The molecule has 1 aromatic rings. The van der Waals surface area contributed by atoms with Gasteiger partial charge in [-0.05, 0) is 25.7 Å². The first-order chi connectivity index (χ1) is 9.49. The van der Waals surface area contributed by atoms with Crippen LogP contribution in [-0.4, -0.2) is 18.2 Å². The Bertz CT molecular complexity index is 558. The summed E-state index contributed by atoms with van der Waals surface area (Å²) in [5.41, 5.74) is 1.39. The first kappa shape index (κ1) is 15.8. The molecule has 0 bridgehead atoms. The predicted molar refractivity (Wildman–Crippen MR) is 80.8 cm³/mol. The Morgan fingerprint density at radius 1 is 1.15 bits per heavy atom. The normalized spacial score (nSPS) is 18.1. The molecule has 0 aromatic carbocycles. The topological polar surface area (TPSA) is 52.0 Å². The van der Waals surface area contributed by atoms with Gasteiger partial charge in [-0.15, -0.1) is 0 Å². The van der Waals surface area contributed by atoms with Crippen molar-refractivity contribution in [1.82, 2.24) is 9.78 Å². The molecule has 0 atom stereocenters. The summed E-state index contributed by atoms with van der Waals surface area (Å²) < 4.78 is 25.7. The van der Waals surface area contributed by atoms with Crippen LogP contribution in [0, 0.1) is 0 Å². The quantitative estimate of drug-likeness (QED) is 0.626. The number of hydrogen-bond donors (Lipinski definition) is 0. The third kappa shape index (κ3) is 3.19. The van der Waals surface area contributed by atoms with Crippen molar-refractivity contribution in [1.29, 1.82) is 0 Å². The third-order valence-electron chi connectivity index (χ3n) is 4.11. The lowest BCUT2D eigenvalue weighted by atomic mass is 10.1. The SMILES string of the molecule is CCc1nn(C2CCCCCC2)c(CC)c1S(=O)(=O)Cl. The lowest BCUT2D eigenvalue weighted by Gasteiger charge is -2.17. The fourth-order valence-electron chi connectivity index (χ4n) is 3.15. The van der Waals surface area contributed by atoms with Gasteiger partial charge in [-0.3, -0.25) is 4.68 Å². The molecule has 0 N–H and O–H groups in total. The van der Waals surface area contributed by atoms with Crippen molar-refractivity contribution in [2.75, 3.05) is 0 Å². The molecule has 1 aromatic heterocycles. The van der Waals surface area contributed by atoms with Gasteiger partial charge in [-0.25, -0.2) is 8.42 Å². The van der Waals surface area contributed by atoms with Crippen molar-refractivity contribution in [3.63, 3.8) is 0 Å². The van der Waals surface area contributed by atoms with Crippen LogP contribution in [0.4, 0.5) is 0 Å². The van der Waals surface area contributed by atoms with Gasteiger partial charge in [-0.2, -0.15) is 5.10 Å². The molecule has 4 nitrogen and oxygen atoms in total. The molecule has 1 aliphatic rings. The number of rotatable bonds is 4. The van der Waals surface area contributed by atoms with Crippen LogP contribution in [0.1, 0.15) is 69.8 Å². The fourth-order valence-corrected chi connectivity index (χ4v) is 4.67. The van der Waals surface area contributed by atoms with Crippen LogP contribution >= 0.6 is 10.7 Å². The predicted octanol–water partition coefficient (Wildman–Crippen LogP) is 3.83. The largest absolute Gasteiger partial charge is 0.265 e. The second-order valence-electron chi connectivity index (χ2n) is 5.46. The number of aromatic nitrogens is 2. The van der Waals surface area contributed by atoms with Crippen molar-refractivity contribution >= 4 is 19.7 Å². The number of hydrogen-bond acceptors (Lipinski definition) is 3. The van der Waals surface area contributed by atoms with E-state index in [4.69, 9.17) is 10.7 Å². The van der Waals surface area contributed by atoms with Crippen LogP contribution in [-0.2, 0) is 21.9 Å². The average Bonchev–Trinajstić information content (AvgIpc) is 2.57. The Kier molecular flexibility index (Phi) is 5.13. The van der Waals surface area contributed by atoms with E-state index in [0.717, 1.165) is 18.5 Å². The molecule has 0 radical (unpaired) electrons. The highest BCUT2D eigenvalue weighted by Gasteiger charge is 2.28. The maximum absolute atomic E-state index is 11.9. The fraction of sp³-hybridized carbons (Fsp3) is 0.786. The van der Waals surface area contributed by atoms with Gasteiger partial charge in [0.25, 0.3) is 9.05 Å². The minimum atomic E-state index is -3.73. The smallest absolute Gasteiger partial charge is 0.264 e.